The van der Waals surface area contributed by atoms with Crippen molar-refractivity contribution in [2.24, 2.45) is 0 Å². The molecule has 1 aliphatic heterocycles. The molecule has 1 heterocycles. The monoisotopic (exact) mass is 356 g/mol. The van der Waals surface area contributed by atoms with Gasteiger partial charge in [-0.05, 0) is 49.2 Å². The number of likely N-dealkylation sites (N-methyl/N-ethyl adjacent to an activating group) is 1. The summed E-state index contributed by atoms with van der Waals surface area (Å²) in [7, 11) is 1.99. The fourth-order valence-corrected chi connectivity index (χ4v) is 3.14. The molecule has 4 nitrogen and oxygen atoms in total. The molecule has 138 valence electrons. The maximum absolute atomic E-state index is 13.0. The van der Waals surface area contributed by atoms with Gasteiger partial charge >= 0.3 is 0 Å². The highest BCUT2D eigenvalue weighted by Gasteiger charge is 2.27. The van der Waals surface area contributed by atoms with E-state index in [0.717, 1.165) is 17.5 Å². The maximum Gasteiger partial charge on any atom is 0.253 e. The Labute approximate surface area is 154 Å². The van der Waals surface area contributed by atoms with Gasteiger partial charge in [0.05, 0.1) is 6.61 Å². The van der Waals surface area contributed by atoms with Crippen LogP contribution in [-0.4, -0.2) is 37.0 Å². The number of carbonyl (C=O) groups is 1. The van der Waals surface area contributed by atoms with Crippen LogP contribution in [0.25, 0.3) is 0 Å². The zero-order valence-electron chi connectivity index (χ0n) is 15.2. The molecule has 0 aliphatic carbocycles. The standard InChI is InChI=1S/C21H25FN2O2/c1-15(24(2)14-16-7-9-18(22)10-8-16)13-23-21(25)20-19-6-4-3-5-17(19)11-12-26-20/h3-10,15,20H,11-14H2,1-2H3,(H,23,25). The van der Waals surface area contributed by atoms with Gasteiger partial charge in [-0.1, -0.05) is 36.4 Å². The van der Waals surface area contributed by atoms with E-state index in [0.29, 0.717) is 19.7 Å². The summed E-state index contributed by atoms with van der Waals surface area (Å²) in [4.78, 5) is 14.7. The highest BCUT2D eigenvalue weighted by molar-refractivity contribution is 5.82. The molecular formula is C21H25FN2O2. The van der Waals surface area contributed by atoms with E-state index >= 15 is 0 Å². The Morgan fingerprint density at radius 1 is 1.27 bits per heavy atom. The van der Waals surface area contributed by atoms with Crippen LogP contribution in [0.15, 0.2) is 48.5 Å². The summed E-state index contributed by atoms with van der Waals surface area (Å²) in [6.45, 7) is 3.84. The fraction of sp³-hybridized carbons (Fsp3) is 0.381. The smallest absolute Gasteiger partial charge is 0.253 e. The van der Waals surface area contributed by atoms with Crippen molar-refractivity contribution >= 4 is 5.91 Å². The van der Waals surface area contributed by atoms with Crippen molar-refractivity contribution in [3.63, 3.8) is 0 Å². The quantitative estimate of drug-likeness (QED) is 0.865. The molecule has 1 amide bonds. The van der Waals surface area contributed by atoms with Crippen molar-refractivity contribution in [2.75, 3.05) is 20.2 Å². The minimum Gasteiger partial charge on any atom is -0.363 e. The molecule has 0 saturated heterocycles. The topological polar surface area (TPSA) is 41.6 Å². The van der Waals surface area contributed by atoms with Gasteiger partial charge in [0.2, 0.25) is 0 Å². The molecule has 2 atom stereocenters. The average Bonchev–Trinajstić information content (AvgIpc) is 2.67. The first-order valence-electron chi connectivity index (χ1n) is 8.96. The highest BCUT2D eigenvalue weighted by Crippen LogP contribution is 2.26. The minimum absolute atomic E-state index is 0.0980. The number of amides is 1. The van der Waals surface area contributed by atoms with E-state index in [1.807, 2.05) is 25.2 Å². The van der Waals surface area contributed by atoms with Gasteiger partial charge in [-0.25, -0.2) is 4.39 Å². The van der Waals surface area contributed by atoms with E-state index in [-0.39, 0.29) is 17.8 Å². The third-order valence-corrected chi connectivity index (χ3v) is 4.90. The van der Waals surface area contributed by atoms with Gasteiger partial charge in [0.25, 0.3) is 5.91 Å². The molecule has 2 aromatic rings. The van der Waals surface area contributed by atoms with Gasteiger partial charge < -0.3 is 10.1 Å². The predicted octanol–water partition coefficient (Wildman–Crippen LogP) is 3.08. The third-order valence-electron chi connectivity index (χ3n) is 4.90. The fourth-order valence-electron chi connectivity index (χ4n) is 3.14. The average molecular weight is 356 g/mol. The molecule has 5 heteroatoms. The van der Waals surface area contributed by atoms with Crippen molar-refractivity contribution < 1.29 is 13.9 Å². The van der Waals surface area contributed by atoms with E-state index in [9.17, 15) is 9.18 Å². The summed E-state index contributed by atoms with van der Waals surface area (Å²) in [5.74, 6) is -0.330. The third kappa shape index (κ3) is 4.48. The first-order valence-corrected chi connectivity index (χ1v) is 8.96. The van der Waals surface area contributed by atoms with Crippen LogP contribution in [0.3, 0.4) is 0 Å². The lowest BCUT2D eigenvalue weighted by atomic mass is 9.97. The largest absolute Gasteiger partial charge is 0.363 e. The number of benzene rings is 2. The Morgan fingerprint density at radius 2 is 2.00 bits per heavy atom. The Morgan fingerprint density at radius 3 is 2.77 bits per heavy atom. The molecule has 3 rings (SSSR count). The van der Waals surface area contributed by atoms with E-state index < -0.39 is 6.10 Å². The van der Waals surface area contributed by atoms with Crippen LogP contribution in [0, 0.1) is 5.82 Å². The number of halogens is 1. The van der Waals surface area contributed by atoms with Crippen LogP contribution in [0.2, 0.25) is 0 Å². The van der Waals surface area contributed by atoms with Crippen molar-refractivity contribution in [3.05, 3.63) is 71.0 Å². The number of ether oxygens (including phenoxy) is 1. The van der Waals surface area contributed by atoms with Crippen molar-refractivity contribution in [3.8, 4) is 0 Å². The lowest BCUT2D eigenvalue weighted by Gasteiger charge is -2.28. The van der Waals surface area contributed by atoms with Gasteiger partial charge in [0, 0.05) is 19.1 Å². The number of nitrogens with one attached hydrogen (secondary N) is 1. The first-order chi connectivity index (χ1) is 12.5. The summed E-state index contributed by atoms with van der Waals surface area (Å²) in [5.41, 5.74) is 3.18. The summed E-state index contributed by atoms with van der Waals surface area (Å²) < 4.78 is 18.7. The molecule has 0 radical (unpaired) electrons. The molecule has 26 heavy (non-hydrogen) atoms. The number of nitrogens with zero attached hydrogens (tertiary/aromatic N) is 1. The van der Waals surface area contributed by atoms with Gasteiger partial charge in [-0.3, -0.25) is 9.69 Å². The van der Waals surface area contributed by atoms with Crippen molar-refractivity contribution in [1.82, 2.24) is 10.2 Å². The van der Waals surface area contributed by atoms with Crippen LogP contribution < -0.4 is 5.32 Å². The summed E-state index contributed by atoms with van der Waals surface area (Å²) in [6, 6.07) is 14.6. The first kappa shape index (κ1) is 18.5. The summed E-state index contributed by atoms with van der Waals surface area (Å²) in [5, 5.41) is 3.00. The molecule has 0 bridgehead atoms. The molecular weight excluding hydrogens is 331 g/mol. The van der Waals surface area contributed by atoms with Crippen LogP contribution >= 0.6 is 0 Å². The van der Waals surface area contributed by atoms with Gasteiger partial charge in [0.15, 0.2) is 6.10 Å². The van der Waals surface area contributed by atoms with E-state index in [4.69, 9.17) is 4.74 Å². The van der Waals surface area contributed by atoms with E-state index in [2.05, 4.69) is 23.2 Å². The Kier molecular flexibility index (Phi) is 6.01. The van der Waals surface area contributed by atoms with Crippen LogP contribution in [-0.2, 0) is 22.5 Å². The number of carbonyl (C=O) groups excluding carboxylic acids is 1. The molecule has 0 fully saturated rings. The number of rotatable bonds is 6. The predicted molar refractivity (Wildman–Crippen MR) is 99.2 cm³/mol. The SMILES string of the molecule is CC(CNC(=O)C1OCCc2ccccc21)N(C)Cc1ccc(F)cc1. The zero-order chi connectivity index (χ0) is 18.5. The molecule has 2 aromatic carbocycles. The minimum atomic E-state index is -0.533. The van der Waals surface area contributed by atoms with E-state index in [1.54, 1.807) is 12.1 Å². The second kappa shape index (κ2) is 8.43. The Balaban J connectivity index is 1.53. The lowest BCUT2D eigenvalue weighted by Crippen LogP contribution is -2.42. The van der Waals surface area contributed by atoms with Crippen LogP contribution in [0.5, 0.6) is 0 Å². The molecule has 0 aromatic heterocycles. The van der Waals surface area contributed by atoms with Gasteiger partial charge in [-0.2, -0.15) is 0 Å². The Bertz CT molecular complexity index is 748. The van der Waals surface area contributed by atoms with Crippen molar-refractivity contribution in [1.29, 1.82) is 0 Å². The Hall–Kier alpha value is -2.24. The molecule has 2 unspecified atom stereocenters. The maximum atomic E-state index is 13.0. The molecule has 0 spiro atoms. The summed E-state index contributed by atoms with van der Waals surface area (Å²) in [6.07, 6.45) is 0.311. The van der Waals surface area contributed by atoms with Gasteiger partial charge in [0.1, 0.15) is 5.82 Å². The second-order valence-electron chi connectivity index (χ2n) is 6.84. The van der Waals surface area contributed by atoms with Crippen molar-refractivity contribution in [2.45, 2.75) is 32.0 Å². The molecule has 1 N–H and O–H groups in total. The van der Waals surface area contributed by atoms with Crippen LogP contribution in [0.1, 0.15) is 29.7 Å². The lowest BCUT2D eigenvalue weighted by molar-refractivity contribution is -0.134. The van der Waals surface area contributed by atoms with E-state index in [1.165, 1.54) is 17.7 Å². The molecule has 1 aliphatic rings. The highest BCUT2D eigenvalue weighted by atomic mass is 19.1. The normalized spacial score (nSPS) is 17.6. The second-order valence-corrected chi connectivity index (χ2v) is 6.84. The van der Waals surface area contributed by atoms with Gasteiger partial charge in [-0.15, -0.1) is 0 Å². The summed E-state index contributed by atoms with van der Waals surface area (Å²) >= 11 is 0. The molecule has 0 saturated carbocycles. The zero-order valence-corrected chi connectivity index (χ0v) is 15.2. The number of fused-ring (bicyclic) bond motifs is 1. The van der Waals surface area contributed by atoms with Crippen LogP contribution in [0.4, 0.5) is 4.39 Å². The number of hydrogen-bond donors (Lipinski definition) is 1. The number of hydrogen-bond acceptors (Lipinski definition) is 3.